The lowest BCUT2D eigenvalue weighted by molar-refractivity contribution is -0.117. The van der Waals surface area contributed by atoms with Crippen molar-refractivity contribution in [3.8, 4) is 11.5 Å². The second-order valence-corrected chi connectivity index (χ2v) is 8.30. The van der Waals surface area contributed by atoms with Gasteiger partial charge in [0.15, 0.2) is 0 Å². The standard InChI is InChI=1S/C27H27N3O3/c1-19-9-3-7-13-24(19)33-16-15-29-22-11-5-4-10-21(22)28-27(29)20-17-26(31)30(18-20)23-12-6-8-14-25(23)32-2/h3-14,20H,15-18H2,1-2H3/t20-/m0/s1. The van der Waals surface area contributed by atoms with E-state index in [1.807, 2.05) is 78.6 Å². The van der Waals surface area contributed by atoms with Gasteiger partial charge in [0.25, 0.3) is 0 Å². The molecule has 2 heterocycles. The molecule has 33 heavy (non-hydrogen) atoms. The number of aromatic nitrogens is 2. The van der Waals surface area contributed by atoms with Crippen LogP contribution in [0.15, 0.2) is 72.8 Å². The predicted molar refractivity (Wildman–Crippen MR) is 129 cm³/mol. The van der Waals surface area contributed by atoms with Crippen molar-refractivity contribution in [2.75, 3.05) is 25.2 Å². The molecule has 1 aliphatic rings. The Hall–Kier alpha value is -3.80. The van der Waals surface area contributed by atoms with Crippen LogP contribution in [0.3, 0.4) is 0 Å². The topological polar surface area (TPSA) is 56.6 Å². The van der Waals surface area contributed by atoms with Crippen LogP contribution in [0.2, 0.25) is 0 Å². The molecule has 0 aliphatic carbocycles. The first-order chi connectivity index (χ1) is 16.2. The van der Waals surface area contributed by atoms with Crippen molar-refractivity contribution in [2.24, 2.45) is 0 Å². The lowest BCUT2D eigenvalue weighted by Crippen LogP contribution is -2.25. The lowest BCUT2D eigenvalue weighted by atomic mass is 10.1. The summed E-state index contributed by atoms with van der Waals surface area (Å²) in [4.78, 5) is 19.8. The van der Waals surface area contributed by atoms with E-state index < -0.39 is 0 Å². The minimum absolute atomic E-state index is 0.00623. The number of carbonyl (C=O) groups excluding carboxylic acids is 1. The molecule has 5 rings (SSSR count). The van der Waals surface area contributed by atoms with Gasteiger partial charge in [-0.15, -0.1) is 0 Å². The summed E-state index contributed by atoms with van der Waals surface area (Å²) in [5.41, 5.74) is 3.91. The summed E-state index contributed by atoms with van der Waals surface area (Å²) in [7, 11) is 1.63. The van der Waals surface area contributed by atoms with Crippen LogP contribution in [0, 0.1) is 6.92 Å². The van der Waals surface area contributed by atoms with Crippen molar-refractivity contribution in [2.45, 2.75) is 25.8 Å². The average molecular weight is 442 g/mol. The first-order valence-electron chi connectivity index (χ1n) is 11.2. The highest BCUT2D eigenvalue weighted by Gasteiger charge is 2.35. The summed E-state index contributed by atoms with van der Waals surface area (Å²) < 4.78 is 13.8. The van der Waals surface area contributed by atoms with Crippen LogP contribution < -0.4 is 14.4 Å². The highest BCUT2D eigenvalue weighted by atomic mass is 16.5. The number of para-hydroxylation sites is 5. The van der Waals surface area contributed by atoms with Crippen molar-refractivity contribution in [1.82, 2.24) is 9.55 Å². The minimum atomic E-state index is -0.00623. The normalized spacial score (nSPS) is 15.9. The van der Waals surface area contributed by atoms with Crippen molar-refractivity contribution >= 4 is 22.6 Å². The van der Waals surface area contributed by atoms with Gasteiger partial charge in [0.05, 0.1) is 30.4 Å². The summed E-state index contributed by atoms with van der Waals surface area (Å²) >= 11 is 0. The molecule has 4 aromatic rings. The fourth-order valence-electron chi connectivity index (χ4n) is 4.57. The van der Waals surface area contributed by atoms with Gasteiger partial charge in [-0.3, -0.25) is 4.79 Å². The van der Waals surface area contributed by atoms with E-state index >= 15 is 0 Å². The van der Waals surface area contributed by atoms with Gasteiger partial charge in [-0.2, -0.15) is 0 Å². The van der Waals surface area contributed by atoms with Crippen LogP contribution in [0.1, 0.15) is 23.7 Å². The van der Waals surface area contributed by atoms with Crippen molar-refractivity contribution < 1.29 is 14.3 Å². The largest absolute Gasteiger partial charge is 0.495 e. The Balaban J connectivity index is 1.42. The Kier molecular flexibility index (Phi) is 5.73. The summed E-state index contributed by atoms with van der Waals surface area (Å²) in [5.74, 6) is 2.59. The molecule has 0 saturated carbocycles. The number of amides is 1. The van der Waals surface area contributed by atoms with E-state index in [2.05, 4.69) is 10.6 Å². The highest BCUT2D eigenvalue weighted by molar-refractivity contribution is 5.97. The van der Waals surface area contributed by atoms with Gasteiger partial charge in [-0.05, 0) is 42.8 Å². The number of ether oxygens (including phenoxy) is 2. The zero-order valence-corrected chi connectivity index (χ0v) is 18.9. The molecule has 0 unspecified atom stereocenters. The van der Waals surface area contributed by atoms with Gasteiger partial charge in [-0.25, -0.2) is 4.98 Å². The summed E-state index contributed by atoms with van der Waals surface area (Å²) in [6.45, 7) is 3.80. The molecule has 3 aromatic carbocycles. The molecule has 168 valence electrons. The van der Waals surface area contributed by atoms with Crippen LogP contribution in [-0.4, -0.2) is 35.7 Å². The molecule has 0 N–H and O–H groups in total. The minimum Gasteiger partial charge on any atom is -0.495 e. The average Bonchev–Trinajstić information content (AvgIpc) is 3.41. The number of anilines is 1. The number of imidazole rings is 1. The number of nitrogens with zero attached hydrogens (tertiary/aromatic N) is 3. The number of benzene rings is 3. The summed E-state index contributed by atoms with van der Waals surface area (Å²) in [6.07, 6.45) is 0.417. The van der Waals surface area contributed by atoms with Gasteiger partial charge >= 0.3 is 0 Å². The SMILES string of the molecule is COc1ccccc1N1C[C@@H](c2nc3ccccc3n2CCOc2ccccc2C)CC1=O. The second kappa shape index (κ2) is 8.98. The van der Waals surface area contributed by atoms with E-state index in [-0.39, 0.29) is 11.8 Å². The third-order valence-electron chi connectivity index (χ3n) is 6.22. The van der Waals surface area contributed by atoms with Crippen LogP contribution in [0.5, 0.6) is 11.5 Å². The zero-order chi connectivity index (χ0) is 22.8. The van der Waals surface area contributed by atoms with Crippen LogP contribution >= 0.6 is 0 Å². The number of hydrogen-bond acceptors (Lipinski definition) is 4. The smallest absolute Gasteiger partial charge is 0.227 e. The summed E-state index contributed by atoms with van der Waals surface area (Å²) in [5, 5.41) is 0. The first-order valence-corrected chi connectivity index (χ1v) is 11.2. The fourth-order valence-corrected chi connectivity index (χ4v) is 4.57. The molecule has 1 amide bonds. The Labute approximate surface area is 193 Å². The lowest BCUT2D eigenvalue weighted by Gasteiger charge is -2.20. The molecule has 0 spiro atoms. The molecule has 0 bridgehead atoms. The Morgan fingerprint density at radius 3 is 2.52 bits per heavy atom. The Bertz CT molecular complexity index is 1300. The first kappa shape index (κ1) is 21.1. The van der Waals surface area contributed by atoms with E-state index in [1.165, 1.54) is 0 Å². The van der Waals surface area contributed by atoms with Crippen LogP contribution in [0.4, 0.5) is 5.69 Å². The maximum absolute atomic E-state index is 13.0. The molecule has 6 nitrogen and oxygen atoms in total. The van der Waals surface area contributed by atoms with E-state index in [9.17, 15) is 4.79 Å². The van der Waals surface area contributed by atoms with Crippen molar-refractivity contribution in [1.29, 1.82) is 0 Å². The summed E-state index contributed by atoms with van der Waals surface area (Å²) in [6, 6.07) is 23.8. The Morgan fingerprint density at radius 2 is 1.70 bits per heavy atom. The number of rotatable bonds is 7. The van der Waals surface area contributed by atoms with E-state index in [0.717, 1.165) is 33.9 Å². The fraction of sp³-hybridized carbons (Fsp3) is 0.259. The molecule has 1 saturated heterocycles. The second-order valence-electron chi connectivity index (χ2n) is 8.30. The van der Waals surface area contributed by atoms with Crippen LogP contribution in [-0.2, 0) is 11.3 Å². The Morgan fingerprint density at radius 1 is 0.970 bits per heavy atom. The zero-order valence-electron chi connectivity index (χ0n) is 18.9. The third kappa shape index (κ3) is 4.04. The van der Waals surface area contributed by atoms with E-state index in [0.29, 0.717) is 31.9 Å². The maximum Gasteiger partial charge on any atom is 0.227 e. The number of methoxy groups -OCH3 is 1. The van der Waals surface area contributed by atoms with Gasteiger partial charge in [0, 0.05) is 18.9 Å². The number of fused-ring (bicyclic) bond motifs is 1. The van der Waals surface area contributed by atoms with E-state index in [4.69, 9.17) is 14.5 Å². The number of aryl methyl sites for hydroxylation is 1. The molecule has 0 radical (unpaired) electrons. The number of carbonyl (C=O) groups is 1. The predicted octanol–water partition coefficient (Wildman–Crippen LogP) is 4.95. The molecule has 1 aliphatic heterocycles. The molecule has 1 aromatic heterocycles. The molecule has 6 heteroatoms. The molecular formula is C27H27N3O3. The molecular weight excluding hydrogens is 414 g/mol. The number of hydrogen-bond donors (Lipinski definition) is 0. The van der Waals surface area contributed by atoms with Gasteiger partial charge in [0.1, 0.15) is 23.9 Å². The quantitative estimate of drug-likeness (QED) is 0.407. The monoisotopic (exact) mass is 441 g/mol. The van der Waals surface area contributed by atoms with Gasteiger partial charge in [0.2, 0.25) is 5.91 Å². The molecule has 1 atom stereocenters. The molecule has 1 fully saturated rings. The van der Waals surface area contributed by atoms with Crippen molar-refractivity contribution in [3.63, 3.8) is 0 Å². The van der Waals surface area contributed by atoms with Crippen LogP contribution in [0.25, 0.3) is 11.0 Å². The van der Waals surface area contributed by atoms with Gasteiger partial charge in [-0.1, -0.05) is 42.5 Å². The third-order valence-corrected chi connectivity index (χ3v) is 6.22. The van der Waals surface area contributed by atoms with Gasteiger partial charge < -0.3 is 18.9 Å². The van der Waals surface area contributed by atoms with Crippen molar-refractivity contribution in [3.05, 3.63) is 84.2 Å². The van der Waals surface area contributed by atoms with E-state index in [1.54, 1.807) is 7.11 Å². The maximum atomic E-state index is 13.0. The highest BCUT2D eigenvalue weighted by Crippen LogP contribution is 2.37.